The lowest BCUT2D eigenvalue weighted by molar-refractivity contribution is 0.672. The number of hydrogen-bond donors (Lipinski definition) is 0. The van der Waals surface area contributed by atoms with Gasteiger partial charge in [0.1, 0.15) is 46.6 Å². The molecular formula is C100H52N10O2. The molecule has 0 fully saturated rings. The predicted octanol–water partition coefficient (Wildman–Crippen LogP) is 25.2. The van der Waals surface area contributed by atoms with Crippen LogP contribution in [0.3, 0.4) is 0 Å². The molecular weight excluding hydrogens is 1370 g/mol. The summed E-state index contributed by atoms with van der Waals surface area (Å²) in [6.07, 6.45) is 0. The third-order valence-electron chi connectivity index (χ3n) is 23.5. The maximum atomic E-state index is 11.9. The molecule has 0 N–H and O–H groups in total. The Kier molecular flexibility index (Phi) is 12.4. The Morgan fingerprint density at radius 3 is 1.06 bits per heavy atom. The van der Waals surface area contributed by atoms with E-state index in [2.05, 4.69) is 282 Å². The minimum absolute atomic E-state index is 0.258. The van der Waals surface area contributed by atoms with Gasteiger partial charge in [-0.15, -0.1) is 0 Å². The molecule has 0 aliphatic heterocycles. The lowest BCUT2D eigenvalue weighted by Gasteiger charge is -2.18. The third kappa shape index (κ3) is 8.07. The predicted molar refractivity (Wildman–Crippen MR) is 451 cm³/mol. The van der Waals surface area contributed by atoms with Gasteiger partial charge in [-0.05, 0) is 139 Å². The highest BCUT2D eigenvalue weighted by molar-refractivity contribution is 6.30. The molecule has 0 spiro atoms. The molecule has 12 heteroatoms. The molecule has 514 valence electrons. The van der Waals surface area contributed by atoms with Gasteiger partial charge in [0.25, 0.3) is 0 Å². The summed E-state index contributed by atoms with van der Waals surface area (Å²) in [5, 5.41) is 61.5. The summed E-state index contributed by atoms with van der Waals surface area (Å²) in [6, 6.07) is 119. The highest BCUT2D eigenvalue weighted by Crippen LogP contribution is 2.51. The Morgan fingerprint density at radius 2 is 0.562 bits per heavy atom. The zero-order chi connectivity index (χ0) is 73.9. The summed E-state index contributed by atoms with van der Waals surface area (Å²) < 4.78 is 27.7. The Hall–Kier alpha value is -16.1. The Bertz CT molecular complexity index is 8570. The Balaban J connectivity index is 0.715. The first-order chi connectivity index (χ1) is 55.4. The van der Waals surface area contributed by atoms with Gasteiger partial charge in [-0.1, -0.05) is 188 Å². The van der Waals surface area contributed by atoms with E-state index in [9.17, 15) is 21.0 Å². The maximum Gasteiger partial charge on any atom is 0.145 e. The fourth-order valence-corrected chi connectivity index (χ4v) is 19.0. The van der Waals surface area contributed by atoms with Gasteiger partial charge in [0.15, 0.2) is 0 Å². The van der Waals surface area contributed by atoms with Gasteiger partial charge in [-0.25, -0.2) is 0 Å². The number of aromatic nitrogens is 6. The van der Waals surface area contributed by atoms with Gasteiger partial charge >= 0.3 is 0 Å². The second-order valence-corrected chi connectivity index (χ2v) is 29.0. The molecule has 8 heterocycles. The SMILES string of the molecule is N#Cc1cc(-n2c3ccccc3c3c4oc5ccccc5c4ccc32)c(-n2c3ccccc3c3c4oc5cc(-c6cccc7c6c6ccc8c9ccccc9n(-c9cc(C#N)c(-n%10c%11ccccc%11c%11ccc%12c%13ccccc%13n(-c%13ccccc%13)c%12c%11%10)cc9C#N)c8c6n7-c6ccccc6)ccc5c4ccc32)cc1C#N. The summed E-state index contributed by atoms with van der Waals surface area (Å²) in [5.74, 6) is 0. The van der Waals surface area contributed by atoms with Crippen molar-refractivity contribution in [1.82, 2.24) is 27.4 Å². The van der Waals surface area contributed by atoms with Gasteiger partial charge in [-0.3, -0.25) is 0 Å². The Morgan fingerprint density at radius 1 is 0.214 bits per heavy atom. The maximum absolute atomic E-state index is 11.9. The first-order valence-corrected chi connectivity index (χ1v) is 37.2. The van der Waals surface area contributed by atoms with Gasteiger partial charge in [0.05, 0.1) is 122 Å². The van der Waals surface area contributed by atoms with Crippen LogP contribution in [-0.2, 0) is 0 Å². The van der Waals surface area contributed by atoms with E-state index in [1.54, 1.807) is 0 Å². The smallest absolute Gasteiger partial charge is 0.145 e. The highest BCUT2D eigenvalue weighted by atomic mass is 16.3. The topological polar surface area (TPSA) is 151 Å². The van der Waals surface area contributed by atoms with Crippen LogP contribution in [0.25, 0.3) is 220 Å². The lowest BCUT2D eigenvalue weighted by atomic mass is 9.97. The van der Waals surface area contributed by atoms with Crippen LogP contribution in [-0.4, -0.2) is 27.4 Å². The zero-order valence-electron chi connectivity index (χ0n) is 59.3. The second-order valence-electron chi connectivity index (χ2n) is 29.0. The van der Waals surface area contributed by atoms with E-state index in [0.717, 1.165) is 197 Å². The van der Waals surface area contributed by atoms with Crippen molar-refractivity contribution in [2.24, 2.45) is 0 Å². The van der Waals surface area contributed by atoms with Crippen LogP contribution in [0.15, 0.2) is 324 Å². The second kappa shape index (κ2) is 22.7. The van der Waals surface area contributed by atoms with E-state index >= 15 is 0 Å². The molecule has 8 aromatic heterocycles. The van der Waals surface area contributed by atoms with E-state index in [1.165, 1.54) is 0 Å². The Labute approximate surface area is 635 Å². The summed E-state index contributed by atoms with van der Waals surface area (Å²) in [4.78, 5) is 0. The van der Waals surface area contributed by atoms with Crippen LogP contribution in [0.5, 0.6) is 0 Å². The number of nitriles is 4. The van der Waals surface area contributed by atoms with Gasteiger partial charge in [-0.2, -0.15) is 21.0 Å². The molecule has 24 aromatic rings. The molecule has 0 saturated heterocycles. The van der Waals surface area contributed by atoms with Crippen molar-refractivity contribution in [3.8, 4) is 69.5 Å². The van der Waals surface area contributed by atoms with Gasteiger partial charge in [0.2, 0.25) is 0 Å². The third-order valence-corrected chi connectivity index (χ3v) is 23.5. The van der Waals surface area contributed by atoms with Crippen molar-refractivity contribution >= 4 is 175 Å². The number of nitrogens with zero attached hydrogens (tertiary/aromatic N) is 10. The number of hydrogen-bond acceptors (Lipinski definition) is 6. The summed E-state index contributed by atoms with van der Waals surface area (Å²) in [6.45, 7) is 0. The number of fused-ring (bicyclic) bond motifs is 28. The zero-order valence-corrected chi connectivity index (χ0v) is 59.3. The molecule has 0 unspecified atom stereocenters. The summed E-state index contributed by atoms with van der Waals surface area (Å²) in [7, 11) is 0. The molecule has 0 atom stereocenters. The van der Waals surface area contributed by atoms with E-state index in [0.29, 0.717) is 33.8 Å². The van der Waals surface area contributed by atoms with Crippen molar-refractivity contribution in [2.45, 2.75) is 0 Å². The molecule has 16 aromatic carbocycles. The fourth-order valence-electron chi connectivity index (χ4n) is 19.0. The van der Waals surface area contributed by atoms with Gasteiger partial charge < -0.3 is 36.2 Å². The van der Waals surface area contributed by atoms with E-state index < -0.39 is 0 Å². The van der Waals surface area contributed by atoms with Crippen LogP contribution in [0.1, 0.15) is 22.3 Å². The number of benzene rings is 16. The first kappa shape index (κ1) is 61.1. The highest BCUT2D eigenvalue weighted by Gasteiger charge is 2.31. The molecule has 0 bridgehead atoms. The van der Waals surface area contributed by atoms with Crippen molar-refractivity contribution < 1.29 is 8.83 Å². The summed E-state index contributed by atoms with van der Waals surface area (Å²) in [5.41, 5.74) is 22.0. The van der Waals surface area contributed by atoms with Crippen molar-refractivity contribution in [1.29, 1.82) is 21.0 Å². The average molecular weight is 1430 g/mol. The number of furan rings is 2. The minimum atomic E-state index is 0.258. The van der Waals surface area contributed by atoms with Crippen molar-refractivity contribution in [2.75, 3.05) is 0 Å². The molecule has 0 aliphatic rings. The molecule has 12 nitrogen and oxygen atoms in total. The average Bonchev–Trinajstić information content (AvgIpc) is 1.55. The largest absolute Gasteiger partial charge is 0.455 e. The first-order valence-electron chi connectivity index (χ1n) is 37.2. The van der Waals surface area contributed by atoms with Crippen molar-refractivity contribution in [3.63, 3.8) is 0 Å². The van der Waals surface area contributed by atoms with E-state index in [-0.39, 0.29) is 11.1 Å². The monoisotopic (exact) mass is 1420 g/mol. The molecule has 0 radical (unpaired) electrons. The van der Waals surface area contributed by atoms with Crippen LogP contribution in [0.2, 0.25) is 0 Å². The fraction of sp³-hybridized carbons (Fsp3) is 0. The number of rotatable bonds is 7. The standard InChI is InChI=1S/C100H52N10O2/c101-53-58-48-88(107-81-34-16-10-28-75(81)93-84(107)46-44-73-68-27-12-18-37-90(68)111-99(73)93)89(49-59(58)54-102)108-82-35-17-11-29-76(82)94-85(108)47-45-74-69-39-38-57(52-91(69)112-100(74)94)64-30-19-36-83-92(64)77-43-42-72-67-26-9-15-33-80(67)110(97(72)98(77)106(83)63-22-5-2-6-23-63)87-51-60(55-103)86(50-61(87)56-104)109-79-32-14-8-25-66(79)71-41-40-70-65-24-7-13-31-78(65)105(95(70)96(71)109)62-20-3-1-4-21-62/h1-52H. The quantitative estimate of drug-likeness (QED) is 0.155. The minimum Gasteiger partial charge on any atom is -0.455 e. The van der Waals surface area contributed by atoms with Gasteiger partial charge in [0, 0.05) is 86.8 Å². The van der Waals surface area contributed by atoms with Crippen molar-refractivity contribution in [3.05, 3.63) is 338 Å². The van der Waals surface area contributed by atoms with Crippen LogP contribution in [0.4, 0.5) is 0 Å². The summed E-state index contributed by atoms with van der Waals surface area (Å²) >= 11 is 0. The van der Waals surface area contributed by atoms with E-state index in [1.807, 2.05) is 84.9 Å². The molecule has 0 saturated carbocycles. The van der Waals surface area contributed by atoms with Crippen LogP contribution in [0, 0.1) is 45.3 Å². The van der Waals surface area contributed by atoms with Crippen LogP contribution >= 0.6 is 0 Å². The molecule has 24 rings (SSSR count). The lowest BCUT2D eigenvalue weighted by Crippen LogP contribution is -2.05. The number of para-hydroxylation sites is 8. The van der Waals surface area contributed by atoms with E-state index in [4.69, 9.17) is 8.83 Å². The molecule has 112 heavy (non-hydrogen) atoms. The van der Waals surface area contributed by atoms with Crippen LogP contribution < -0.4 is 0 Å². The molecule has 0 amide bonds. The molecule has 0 aliphatic carbocycles. The normalized spacial score (nSPS) is 12.1.